The predicted octanol–water partition coefficient (Wildman–Crippen LogP) is 5.26. The molecule has 0 bridgehead atoms. The third-order valence-electron chi connectivity index (χ3n) is 6.13. The number of benzene rings is 2. The molecule has 1 N–H and O–H groups in total. The Hall–Kier alpha value is -2.82. The van der Waals surface area contributed by atoms with Crippen LogP contribution in [0.15, 0.2) is 48.5 Å². The van der Waals surface area contributed by atoms with E-state index in [4.69, 9.17) is 4.74 Å². The number of hydrogen-bond acceptors (Lipinski definition) is 3. The lowest BCUT2D eigenvalue weighted by molar-refractivity contribution is -0.140. The maximum atomic E-state index is 13.3. The summed E-state index contributed by atoms with van der Waals surface area (Å²) in [6.45, 7) is 12.7. The van der Waals surface area contributed by atoms with Crippen molar-refractivity contribution < 1.29 is 14.3 Å². The second kappa shape index (κ2) is 11.9. The zero-order valence-corrected chi connectivity index (χ0v) is 21.3. The predicted molar refractivity (Wildman–Crippen MR) is 134 cm³/mol. The van der Waals surface area contributed by atoms with E-state index in [9.17, 15) is 9.59 Å². The molecule has 33 heavy (non-hydrogen) atoms. The van der Waals surface area contributed by atoms with Gasteiger partial charge in [-0.2, -0.15) is 0 Å². The van der Waals surface area contributed by atoms with Crippen LogP contribution in [0.4, 0.5) is 0 Å². The number of hydrogen-bond donors (Lipinski definition) is 1. The van der Waals surface area contributed by atoms with Crippen molar-refractivity contribution in [1.82, 2.24) is 10.2 Å². The fourth-order valence-corrected chi connectivity index (χ4v) is 3.54. The highest BCUT2D eigenvalue weighted by Gasteiger charge is 2.26. The summed E-state index contributed by atoms with van der Waals surface area (Å²) in [6, 6.07) is 15.6. The van der Waals surface area contributed by atoms with Gasteiger partial charge in [0.05, 0.1) is 7.11 Å². The van der Waals surface area contributed by atoms with E-state index in [0.717, 1.165) is 23.3 Å². The summed E-state index contributed by atoms with van der Waals surface area (Å²) in [5.74, 6) is 0.608. The molecular weight excluding hydrogens is 412 g/mol. The van der Waals surface area contributed by atoms with Gasteiger partial charge in [0.2, 0.25) is 11.8 Å². The third kappa shape index (κ3) is 7.92. The molecule has 5 nitrogen and oxygen atoms in total. The number of rotatable bonds is 10. The summed E-state index contributed by atoms with van der Waals surface area (Å²) >= 11 is 0. The highest BCUT2D eigenvalue weighted by molar-refractivity contribution is 5.87. The normalized spacial score (nSPS) is 13.2. The van der Waals surface area contributed by atoms with Crippen molar-refractivity contribution >= 4 is 11.8 Å². The van der Waals surface area contributed by atoms with Crippen molar-refractivity contribution in [1.29, 1.82) is 0 Å². The van der Waals surface area contributed by atoms with Gasteiger partial charge in [-0.25, -0.2) is 0 Å². The lowest BCUT2D eigenvalue weighted by Gasteiger charge is -2.30. The molecule has 2 aromatic rings. The molecule has 0 aliphatic rings. The number of ether oxygens (including phenoxy) is 1. The van der Waals surface area contributed by atoms with Crippen LogP contribution in [0.3, 0.4) is 0 Å². The second-order valence-electron chi connectivity index (χ2n) is 9.81. The number of amides is 2. The molecule has 0 saturated carbocycles. The van der Waals surface area contributed by atoms with Gasteiger partial charge in [-0.05, 0) is 60.9 Å². The summed E-state index contributed by atoms with van der Waals surface area (Å²) in [6.07, 6.45) is 1.84. The molecule has 0 radical (unpaired) electrons. The first-order valence-electron chi connectivity index (χ1n) is 11.9. The van der Waals surface area contributed by atoms with Crippen molar-refractivity contribution in [3.63, 3.8) is 0 Å². The van der Waals surface area contributed by atoms with Gasteiger partial charge in [0.1, 0.15) is 11.8 Å². The molecule has 0 heterocycles. The molecule has 0 saturated heterocycles. The Kier molecular flexibility index (Phi) is 9.51. The van der Waals surface area contributed by atoms with Gasteiger partial charge >= 0.3 is 0 Å². The molecule has 2 rings (SSSR count). The zero-order chi connectivity index (χ0) is 24.6. The Morgan fingerprint density at radius 3 is 2.06 bits per heavy atom. The van der Waals surface area contributed by atoms with Crippen LogP contribution in [0.25, 0.3) is 0 Å². The van der Waals surface area contributed by atoms with Gasteiger partial charge in [0, 0.05) is 19.0 Å². The minimum atomic E-state index is -0.558. The molecule has 0 aromatic heterocycles. The van der Waals surface area contributed by atoms with Crippen LogP contribution < -0.4 is 10.1 Å². The summed E-state index contributed by atoms with van der Waals surface area (Å²) < 4.78 is 5.24. The molecule has 2 amide bonds. The number of nitrogens with zero attached hydrogens (tertiary/aromatic N) is 1. The van der Waals surface area contributed by atoms with Gasteiger partial charge in [-0.15, -0.1) is 0 Å². The molecule has 0 unspecified atom stereocenters. The highest BCUT2D eigenvalue weighted by atomic mass is 16.5. The van der Waals surface area contributed by atoms with Crippen LogP contribution in [0.5, 0.6) is 5.75 Å². The van der Waals surface area contributed by atoms with E-state index in [0.29, 0.717) is 19.4 Å². The Morgan fingerprint density at radius 2 is 1.55 bits per heavy atom. The molecule has 0 aliphatic carbocycles. The Balaban J connectivity index is 2.14. The monoisotopic (exact) mass is 452 g/mol. The number of carbonyl (C=O) groups excluding carboxylic acids is 2. The SMILES string of the molecule is CC[C@@H](C)NC(=O)[C@H](C)N(Cc1ccc(OC)cc1)C(=O)CCc1ccc(C(C)(C)C)cc1. The fraction of sp³-hybridized carbons (Fsp3) is 0.500. The van der Waals surface area contributed by atoms with Crippen LogP contribution in [0, 0.1) is 0 Å². The van der Waals surface area contributed by atoms with Crippen LogP contribution in [0.2, 0.25) is 0 Å². The Labute approximate surface area is 199 Å². The molecule has 5 heteroatoms. The largest absolute Gasteiger partial charge is 0.497 e. The van der Waals surface area contributed by atoms with E-state index in [1.807, 2.05) is 38.1 Å². The molecule has 0 aliphatic heterocycles. The van der Waals surface area contributed by atoms with Gasteiger partial charge in [0.25, 0.3) is 0 Å². The molecule has 2 atom stereocenters. The average molecular weight is 453 g/mol. The van der Waals surface area contributed by atoms with Crippen molar-refractivity contribution in [2.45, 2.75) is 84.8 Å². The minimum absolute atomic E-state index is 0.0301. The smallest absolute Gasteiger partial charge is 0.242 e. The molecular formula is C28H40N2O3. The van der Waals surface area contributed by atoms with Gasteiger partial charge in [0.15, 0.2) is 0 Å². The van der Waals surface area contributed by atoms with E-state index in [-0.39, 0.29) is 23.3 Å². The summed E-state index contributed by atoms with van der Waals surface area (Å²) in [5.41, 5.74) is 3.45. The topological polar surface area (TPSA) is 58.6 Å². The Morgan fingerprint density at radius 1 is 0.970 bits per heavy atom. The lowest BCUT2D eigenvalue weighted by Crippen LogP contribution is -2.49. The quantitative estimate of drug-likeness (QED) is 0.535. The molecule has 2 aromatic carbocycles. The van der Waals surface area contributed by atoms with Crippen LogP contribution in [-0.4, -0.2) is 35.9 Å². The number of nitrogens with one attached hydrogen (secondary N) is 1. The van der Waals surface area contributed by atoms with Crippen LogP contribution in [0.1, 0.15) is 71.1 Å². The van der Waals surface area contributed by atoms with E-state index < -0.39 is 6.04 Å². The van der Waals surface area contributed by atoms with Crippen molar-refractivity contribution in [3.8, 4) is 5.75 Å². The maximum absolute atomic E-state index is 13.3. The van der Waals surface area contributed by atoms with Crippen molar-refractivity contribution in [2.75, 3.05) is 7.11 Å². The summed E-state index contributed by atoms with van der Waals surface area (Å²) in [4.78, 5) is 27.8. The van der Waals surface area contributed by atoms with Crippen LogP contribution in [-0.2, 0) is 28.0 Å². The highest BCUT2D eigenvalue weighted by Crippen LogP contribution is 2.23. The van der Waals surface area contributed by atoms with E-state index in [1.165, 1.54) is 5.56 Å². The first-order chi connectivity index (χ1) is 15.5. The number of methoxy groups -OCH3 is 1. The number of carbonyl (C=O) groups is 2. The van der Waals surface area contributed by atoms with E-state index in [1.54, 1.807) is 18.9 Å². The standard InChI is InChI=1S/C28H40N2O3/c1-8-20(2)29-27(32)21(3)30(19-23-11-16-25(33-7)17-12-23)26(31)18-13-22-9-14-24(15-10-22)28(4,5)6/h9-12,14-17,20-21H,8,13,18-19H2,1-7H3,(H,29,32)/t20-,21+/m1/s1. The molecule has 0 spiro atoms. The van der Waals surface area contributed by atoms with E-state index >= 15 is 0 Å². The van der Waals surface area contributed by atoms with Gasteiger partial charge in [-0.3, -0.25) is 9.59 Å². The van der Waals surface area contributed by atoms with Gasteiger partial charge < -0.3 is 15.0 Å². The number of aryl methyl sites for hydroxylation is 1. The van der Waals surface area contributed by atoms with Gasteiger partial charge in [-0.1, -0.05) is 64.1 Å². The Bertz CT molecular complexity index is 898. The zero-order valence-electron chi connectivity index (χ0n) is 21.3. The fourth-order valence-electron chi connectivity index (χ4n) is 3.54. The van der Waals surface area contributed by atoms with E-state index in [2.05, 4.69) is 50.4 Å². The van der Waals surface area contributed by atoms with Crippen molar-refractivity contribution in [3.05, 3.63) is 65.2 Å². The summed E-state index contributed by atoms with van der Waals surface area (Å²) in [5, 5.41) is 3.01. The van der Waals surface area contributed by atoms with Crippen LogP contribution >= 0.6 is 0 Å². The lowest BCUT2D eigenvalue weighted by atomic mass is 9.86. The minimum Gasteiger partial charge on any atom is -0.497 e. The second-order valence-corrected chi connectivity index (χ2v) is 9.81. The molecule has 0 fully saturated rings. The third-order valence-corrected chi connectivity index (χ3v) is 6.13. The average Bonchev–Trinajstić information content (AvgIpc) is 2.80. The van der Waals surface area contributed by atoms with Crippen molar-refractivity contribution in [2.24, 2.45) is 0 Å². The first-order valence-corrected chi connectivity index (χ1v) is 11.9. The maximum Gasteiger partial charge on any atom is 0.242 e. The molecule has 180 valence electrons. The summed E-state index contributed by atoms with van der Waals surface area (Å²) in [7, 11) is 1.63. The first kappa shape index (κ1) is 26.4.